The van der Waals surface area contributed by atoms with Crippen LogP contribution in [-0.2, 0) is 23.1 Å². The molecule has 0 spiro atoms. The Morgan fingerprint density at radius 1 is 1.22 bits per heavy atom. The summed E-state index contributed by atoms with van der Waals surface area (Å²) >= 11 is 0. The van der Waals surface area contributed by atoms with Gasteiger partial charge in [-0.05, 0) is 6.42 Å². The van der Waals surface area contributed by atoms with Crippen LogP contribution in [0.4, 0.5) is 0 Å². The molecule has 0 aromatic carbocycles. The van der Waals surface area contributed by atoms with Crippen LogP contribution in [0, 0.1) is 0 Å². The largest absolute Gasteiger partial charge is 0.472 e. The van der Waals surface area contributed by atoms with E-state index in [9.17, 15) is 14.3 Å². The van der Waals surface area contributed by atoms with E-state index in [-0.39, 0.29) is 25.6 Å². The van der Waals surface area contributed by atoms with Gasteiger partial charge in [0, 0.05) is 6.42 Å². The van der Waals surface area contributed by atoms with Crippen molar-refractivity contribution >= 4 is 13.8 Å². The number of phosphoric acid groups is 1. The molecule has 0 aliphatic rings. The molecular formula is C10H23NO6P+. The van der Waals surface area contributed by atoms with Gasteiger partial charge in [-0.3, -0.25) is 13.8 Å². The number of methoxy groups -OCH3 is 1. The molecule has 108 valence electrons. The van der Waals surface area contributed by atoms with E-state index in [1.807, 2.05) is 21.1 Å². The minimum atomic E-state index is -4.01. The van der Waals surface area contributed by atoms with E-state index in [0.717, 1.165) is 0 Å². The predicted octanol–water partition coefficient (Wildman–Crippen LogP) is 0.779. The minimum Gasteiger partial charge on any atom is -0.469 e. The highest BCUT2D eigenvalue weighted by atomic mass is 31.2. The average Bonchev–Trinajstić information content (AvgIpc) is 2.21. The molecule has 0 aromatic heterocycles. The van der Waals surface area contributed by atoms with Crippen LogP contribution in [0.25, 0.3) is 0 Å². The van der Waals surface area contributed by atoms with Crippen molar-refractivity contribution in [1.29, 1.82) is 0 Å². The van der Waals surface area contributed by atoms with E-state index >= 15 is 0 Å². The molecule has 0 aliphatic carbocycles. The number of likely N-dealkylation sites (N-methyl/N-ethyl adjacent to an activating group) is 1. The summed E-state index contributed by atoms with van der Waals surface area (Å²) in [4.78, 5) is 20.1. The summed E-state index contributed by atoms with van der Waals surface area (Å²) in [6.45, 7) is 0.706. The lowest BCUT2D eigenvalue weighted by atomic mass is 10.3. The van der Waals surface area contributed by atoms with Crippen LogP contribution in [-0.4, -0.2) is 63.4 Å². The van der Waals surface area contributed by atoms with Crippen LogP contribution < -0.4 is 0 Å². The number of carbonyl (C=O) groups excluding carboxylic acids is 1. The van der Waals surface area contributed by atoms with Gasteiger partial charge in [-0.2, -0.15) is 0 Å². The minimum absolute atomic E-state index is 0.0206. The molecule has 8 heteroatoms. The van der Waals surface area contributed by atoms with Gasteiger partial charge >= 0.3 is 13.8 Å². The van der Waals surface area contributed by atoms with E-state index < -0.39 is 7.82 Å². The Morgan fingerprint density at radius 2 is 1.78 bits per heavy atom. The molecule has 0 saturated heterocycles. The molecule has 0 bridgehead atoms. The molecule has 0 amide bonds. The predicted molar refractivity (Wildman–Crippen MR) is 65.9 cm³/mol. The van der Waals surface area contributed by atoms with Gasteiger partial charge in [-0.25, -0.2) is 4.57 Å². The lowest BCUT2D eigenvalue weighted by molar-refractivity contribution is -0.870. The number of phosphoric ester groups is 1. The van der Waals surface area contributed by atoms with Gasteiger partial charge in [-0.1, -0.05) is 0 Å². The van der Waals surface area contributed by atoms with E-state index in [1.165, 1.54) is 7.11 Å². The van der Waals surface area contributed by atoms with Crippen LogP contribution >= 0.6 is 7.82 Å². The molecule has 18 heavy (non-hydrogen) atoms. The number of rotatable bonds is 9. The second-order valence-electron chi connectivity index (χ2n) is 4.83. The molecule has 0 aromatic rings. The third-order valence-electron chi connectivity index (χ3n) is 2.02. The number of esters is 1. The molecule has 0 radical (unpaired) electrons. The first-order valence-electron chi connectivity index (χ1n) is 5.65. The fourth-order valence-corrected chi connectivity index (χ4v) is 1.71. The topological polar surface area (TPSA) is 82.1 Å². The molecule has 0 aliphatic heterocycles. The molecule has 0 saturated carbocycles. The summed E-state index contributed by atoms with van der Waals surface area (Å²) in [5.74, 6) is -0.377. The van der Waals surface area contributed by atoms with Gasteiger partial charge in [0.05, 0.1) is 34.9 Å². The van der Waals surface area contributed by atoms with E-state index in [1.54, 1.807) is 0 Å². The van der Waals surface area contributed by atoms with Crippen LogP contribution in [0.5, 0.6) is 0 Å². The van der Waals surface area contributed by atoms with Crippen molar-refractivity contribution in [3.63, 3.8) is 0 Å². The van der Waals surface area contributed by atoms with Crippen molar-refractivity contribution in [2.24, 2.45) is 0 Å². The molecule has 1 atom stereocenters. The summed E-state index contributed by atoms with van der Waals surface area (Å²) in [7, 11) is 3.12. The summed E-state index contributed by atoms with van der Waals surface area (Å²) in [5.41, 5.74) is 0. The highest BCUT2D eigenvalue weighted by Gasteiger charge is 2.22. The summed E-state index contributed by atoms with van der Waals surface area (Å²) in [5, 5.41) is 0. The Kier molecular flexibility index (Phi) is 7.66. The van der Waals surface area contributed by atoms with Gasteiger partial charge in [0.1, 0.15) is 13.2 Å². The molecule has 1 unspecified atom stereocenters. The number of quaternary nitrogens is 1. The second-order valence-corrected chi connectivity index (χ2v) is 6.28. The molecular weight excluding hydrogens is 261 g/mol. The van der Waals surface area contributed by atoms with Gasteiger partial charge in [0.25, 0.3) is 0 Å². The number of hydrogen-bond donors (Lipinski definition) is 1. The van der Waals surface area contributed by atoms with Crippen molar-refractivity contribution in [2.75, 3.05) is 48.0 Å². The van der Waals surface area contributed by atoms with Gasteiger partial charge in [0.2, 0.25) is 0 Å². The van der Waals surface area contributed by atoms with Gasteiger partial charge in [-0.15, -0.1) is 0 Å². The smallest absolute Gasteiger partial charge is 0.469 e. The third-order valence-corrected chi connectivity index (χ3v) is 3.04. The number of ether oxygens (including phenoxy) is 1. The molecule has 0 rings (SSSR count). The zero-order valence-corrected chi connectivity index (χ0v) is 12.3. The van der Waals surface area contributed by atoms with Crippen LogP contribution in [0.15, 0.2) is 0 Å². The highest BCUT2D eigenvalue weighted by Crippen LogP contribution is 2.43. The maximum atomic E-state index is 11.4. The number of carbonyl (C=O) groups is 1. The third kappa shape index (κ3) is 10.7. The summed E-state index contributed by atoms with van der Waals surface area (Å²) in [6.07, 6.45) is 0.464. The average molecular weight is 284 g/mol. The van der Waals surface area contributed by atoms with Crippen molar-refractivity contribution in [1.82, 2.24) is 0 Å². The number of hydrogen-bond acceptors (Lipinski definition) is 5. The Hall–Kier alpha value is -0.460. The Morgan fingerprint density at radius 3 is 2.28 bits per heavy atom. The first-order valence-corrected chi connectivity index (χ1v) is 7.15. The normalized spacial score (nSPS) is 15.2. The fraction of sp³-hybridized carbons (Fsp3) is 0.900. The van der Waals surface area contributed by atoms with Crippen molar-refractivity contribution in [2.45, 2.75) is 12.8 Å². The van der Waals surface area contributed by atoms with Crippen LogP contribution in [0.3, 0.4) is 0 Å². The van der Waals surface area contributed by atoms with E-state index in [4.69, 9.17) is 9.05 Å². The quantitative estimate of drug-likeness (QED) is 0.291. The Bertz CT molecular complexity index is 301. The highest BCUT2D eigenvalue weighted by molar-refractivity contribution is 7.47. The first-order chi connectivity index (χ1) is 8.16. The summed E-state index contributed by atoms with van der Waals surface area (Å²) in [6, 6.07) is 0. The van der Waals surface area contributed by atoms with E-state index in [2.05, 4.69) is 4.74 Å². The number of nitrogens with zero attached hydrogens (tertiary/aromatic N) is 1. The molecule has 0 fully saturated rings. The molecule has 7 nitrogen and oxygen atoms in total. The maximum absolute atomic E-state index is 11.4. The lowest BCUT2D eigenvalue weighted by Crippen LogP contribution is -2.37. The monoisotopic (exact) mass is 284 g/mol. The van der Waals surface area contributed by atoms with Crippen LogP contribution in [0.1, 0.15) is 12.8 Å². The fourth-order valence-electron chi connectivity index (χ4n) is 0.966. The summed E-state index contributed by atoms with van der Waals surface area (Å²) < 4.78 is 26.0. The van der Waals surface area contributed by atoms with Crippen LogP contribution in [0.2, 0.25) is 0 Å². The Balaban J connectivity index is 3.74. The van der Waals surface area contributed by atoms with Crippen molar-refractivity contribution < 1.29 is 32.5 Å². The molecule has 1 N–H and O–H groups in total. The standard InChI is InChI=1S/C10H22NO6P/c1-11(2,3)7-9-17-18(13,14)16-8-5-6-10(12)15-4/h5-9H2,1-4H3/p+1. The maximum Gasteiger partial charge on any atom is 0.472 e. The Labute approximate surface area is 108 Å². The van der Waals surface area contributed by atoms with Gasteiger partial charge in [0.15, 0.2) is 0 Å². The van der Waals surface area contributed by atoms with E-state index in [0.29, 0.717) is 17.4 Å². The van der Waals surface area contributed by atoms with Gasteiger partial charge < -0.3 is 14.1 Å². The molecule has 0 heterocycles. The zero-order valence-electron chi connectivity index (χ0n) is 11.4. The van der Waals surface area contributed by atoms with Crippen molar-refractivity contribution in [3.05, 3.63) is 0 Å². The zero-order chi connectivity index (χ0) is 14.2. The SMILES string of the molecule is COC(=O)CCCOP(=O)(O)OCC[N+](C)(C)C. The van der Waals surface area contributed by atoms with Crippen molar-refractivity contribution in [3.8, 4) is 0 Å². The lowest BCUT2D eigenvalue weighted by Gasteiger charge is -2.23. The second kappa shape index (κ2) is 7.86. The first kappa shape index (κ1) is 17.5.